The monoisotopic (exact) mass is 314 g/mol. The van der Waals surface area contributed by atoms with Gasteiger partial charge in [0.1, 0.15) is 18.3 Å². The third-order valence-electron chi connectivity index (χ3n) is 4.49. The lowest BCUT2D eigenvalue weighted by Gasteiger charge is -2.18. The van der Waals surface area contributed by atoms with E-state index in [0.29, 0.717) is 12.2 Å². The minimum Gasteiger partial charge on any atom is -0.388 e. The fourth-order valence-corrected chi connectivity index (χ4v) is 3.31. The van der Waals surface area contributed by atoms with Gasteiger partial charge in [-0.05, 0) is 25.1 Å². The summed E-state index contributed by atoms with van der Waals surface area (Å²) < 4.78 is 11.1. The molecule has 2 fully saturated rings. The summed E-state index contributed by atoms with van der Waals surface area (Å²) in [5.41, 5.74) is 2.45. The number of fused-ring (bicyclic) bond motifs is 2. The molecule has 2 aliphatic heterocycles. The summed E-state index contributed by atoms with van der Waals surface area (Å²) in [6.07, 6.45) is 0.378. The highest BCUT2D eigenvalue weighted by Crippen LogP contribution is 2.27. The lowest BCUT2D eigenvalue weighted by atomic mass is 10.0. The zero-order chi connectivity index (χ0) is 16.0. The number of carbonyl (C=O) groups is 1. The van der Waals surface area contributed by atoms with E-state index < -0.39 is 6.10 Å². The van der Waals surface area contributed by atoms with Gasteiger partial charge >= 0.3 is 0 Å². The molecule has 6 heteroatoms. The minimum absolute atomic E-state index is 0.178. The first kappa shape index (κ1) is 14.6. The largest absolute Gasteiger partial charge is 0.388 e. The quantitative estimate of drug-likeness (QED) is 0.857. The first-order valence-corrected chi connectivity index (χ1v) is 7.71. The number of aliphatic hydroxyl groups excluding tert-OH is 1. The highest BCUT2D eigenvalue weighted by molar-refractivity contribution is 6.06. The van der Waals surface area contributed by atoms with E-state index in [1.807, 2.05) is 25.1 Å². The molecule has 2 aromatic rings. The van der Waals surface area contributed by atoms with Crippen LogP contribution in [0.2, 0.25) is 0 Å². The third-order valence-corrected chi connectivity index (χ3v) is 4.49. The number of hydrogen-bond acceptors (Lipinski definition) is 5. The first-order chi connectivity index (χ1) is 11.1. The zero-order valence-corrected chi connectivity index (χ0v) is 12.7. The molecule has 0 aliphatic carbocycles. The zero-order valence-electron chi connectivity index (χ0n) is 12.7. The Morgan fingerprint density at radius 1 is 1.26 bits per heavy atom. The molecule has 0 spiro atoms. The molecule has 1 amide bonds. The minimum atomic E-state index is -0.619. The molecule has 23 heavy (non-hydrogen) atoms. The molecule has 4 rings (SSSR count). The van der Waals surface area contributed by atoms with Crippen molar-refractivity contribution in [2.75, 3.05) is 13.2 Å². The molecule has 1 aromatic heterocycles. The number of pyridine rings is 1. The van der Waals surface area contributed by atoms with Gasteiger partial charge in [0.05, 0.1) is 30.3 Å². The Morgan fingerprint density at radius 2 is 2.09 bits per heavy atom. The van der Waals surface area contributed by atoms with Gasteiger partial charge < -0.3 is 19.9 Å². The summed E-state index contributed by atoms with van der Waals surface area (Å²) in [5.74, 6) is -0.178. The van der Waals surface area contributed by atoms with Crippen molar-refractivity contribution in [1.29, 1.82) is 0 Å². The summed E-state index contributed by atoms with van der Waals surface area (Å²) >= 11 is 0. The molecular weight excluding hydrogens is 296 g/mol. The number of nitrogens with one attached hydrogen (secondary N) is 1. The number of hydrogen-bond donors (Lipinski definition) is 2. The van der Waals surface area contributed by atoms with Crippen molar-refractivity contribution >= 4 is 16.8 Å². The Kier molecular flexibility index (Phi) is 3.52. The van der Waals surface area contributed by atoms with Crippen molar-refractivity contribution in [1.82, 2.24) is 10.3 Å². The number of rotatable bonds is 2. The summed E-state index contributed by atoms with van der Waals surface area (Å²) in [7, 11) is 0. The second-order valence-electron chi connectivity index (χ2n) is 6.12. The number of aromatic nitrogens is 1. The summed E-state index contributed by atoms with van der Waals surface area (Å²) in [6.45, 7) is 2.58. The molecule has 0 radical (unpaired) electrons. The maximum atomic E-state index is 12.7. The number of ether oxygens (including phenoxy) is 2. The van der Waals surface area contributed by atoms with Crippen LogP contribution < -0.4 is 5.32 Å². The van der Waals surface area contributed by atoms with Gasteiger partial charge in [0, 0.05) is 11.6 Å². The van der Waals surface area contributed by atoms with Gasteiger partial charge in [0.2, 0.25) is 0 Å². The van der Waals surface area contributed by atoms with Crippen LogP contribution in [0.25, 0.3) is 10.9 Å². The molecule has 0 unspecified atom stereocenters. The summed E-state index contributed by atoms with van der Waals surface area (Å²) in [6, 6.07) is 7.31. The fourth-order valence-electron chi connectivity index (χ4n) is 3.31. The lowest BCUT2D eigenvalue weighted by molar-refractivity contribution is 0.0178. The number of aliphatic hydroxyl groups is 1. The van der Waals surface area contributed by atoms with E-state index in [0.717, 1.165) is 16.5 Å². The SMILES string of the molecule is Cc1ccc2nccc(C(=O)N[C@H]3CO[C@H]4[C@@H]3OC[C@H]4O)c2c1. The van der Waals surface area contributed by atoms with Gasteiger partial charge in [-0.3, -0.25) is 9.78 Å². The lowest BCUT2D eigenvalue weighted by Crippen LogP contribution is -2.44. The van der Waals surface area contributed by atoms with E-state index in [1.54, 1.807) is 12.3 Å². The van der Waals surface area contributed by atoms with Gasteiger partial charge in [-0.25, -0.2) is 0 Å². The van der Waals surface area contributed by atoms with E-state index in [2.05, 4.69) is 10.3 Å². The molecule has 3 heterocycles. The third kappa shape index (κ3) is 2.49. The molecule has 0 bridgehead atoms. The first-order valence-electron chi connectivity index (χ1n) is 7.71. The van der Waals surface area contributed by atoms with E-state index >= 15 is 0 Å². The van der Waals surface area contributed by atoms with E-state index in [9.17, 15) is 9.90 Å². The van der Waals surface area contributed by atoms with E-state index in [-0.39, 0.29) is 30.8 Å². The van der Waals surface area contributed by atoms with Crippen molar-refractivity contribution in [3.05, 3.63) is 41.6 Å². The van der Waals surface area contributed by atoms with Gasteiger partial charge in [-0.2, -0.15) is 0 Å². The summed E-state index contributed by atoms with van der Waals surface area (Å²) in [4.78, 5) is 17.0. The highest BCUT2D eigenvalue weighted by Gasteiger charge is 2.47. The standard InChI is InChI=1S/C17H18N2O4/c1-9-2-3-12-11(6-9)10(4-5-18-12)17(21)19-13-7-22-16-14(20)8-23-15(13)16/h2-6,13-16,20H,7-8H2,1H3,(H,19,21)/t13-,14+,15+,16+/m0/s1. The molecule has 6 nitrogen and oxygen atoms in total. The molecule has 4 atom stereocenters. The Bertz CT molecular complexity index is 763. The molecule has 0 saturated carbocycles. The molecule has 120 valence electrons. The fraction of sp³-hybridized carbons (Fsp3) is 0.412. The summed E-state index contributed by atoms with van der Waals surface area (Å²) in [5, 5.41) is 13.6. The normalized spacial score (nSPS) is 29.7. The van der Waals surface area contributed by atoms with Crippen LogP contribution in [0, 0.1) is 6.92 Å². The molecule has 2 N–H and O–H groups in total. The predicted octanol–water partition coefficient (Wildman–Crippen LogP) is 0.800. The maximum absolute atomic E-state index is 12.7. The number of amides is 1. The van der Waals surface area contributed by atoms with Crippen LogP contribution in [0.3, 0.4) is 0 Å². The molecular formula is C17H18N2O4. The Balaban J connectivity index is 1.59. The van der Waals surface area contributed by atoms with Crippen LogP contribution in [0.1, 0.15) is 15.9 Å². The Hall–Kier alpha value is -2.02. The number of aryl methyl sites for hydroxylation is 1. The Morgan fingerprint density at radius 3 is 2.96 bits per heavy atom. The van der Waals surface area contributed by atoms with Crippen molar-refractivity contribution in [3.63, 3.8) is 0 Å². The van der Waals surface area contributed by atoms with Crippen molar-refractivity contribution in [2.45, 2.75) is 31.3 Å². The van der Waals surface area contributed by atoms with Crippen LogP contribution in [0.4, 0.5) is 0 Å². The predicted molar refractivity (Wildman–Crippen MR) is 83.2 cm³/mol. The van der Waals surface area contributed by atoms with E-state index in [1.165, 1.54) is 0 Å². The van der Waals surface area contributed by atoms with Crippen LogP contribution in [-0.2, 0) is 9.47 Å². The van der Waals surface area contributed by atoms with Crippen molar-refractivity contribution in [3.8, 4) is 0 Å². The van der Waals surface area contributed by atoms with Crippen LogP contribution in [-0.4, -0.2) is 53.6 Å². The highest BCUT2D eigenvalue weighted by atomic mass is 16.6. The van der Waals surface area contributed by atoms with Crippen molar-refractivity contribution < 1.29 is 19.4 Å². The topological polar surface area (TPSA) is 80.7 Å². The Labute approximate surface area is 133 Å². The van der Waals surface area contributed by atoms with Crippen LogP contribution in [0.5, 0.6) is 0 Å². The van der Waals surface area contributed by atoms with Gasteiger partial charge in [-0.15, -0.1) is 0 Å². The smallest absolute Gasteiger partial charge is 0.252 e. The van der Waals surface area contributed by atoms with Crippen molar-refractivity contribution in [2.24, 2.45) is 0 Å². The number of benzene rings is 1. The van der Waals surface area contributed by atoms with Crippen LogP contribution in [0.15, 0.2) is 30.5 Å². The molecule has 2 aliphatic rings. The maximum Gasteiger partial charge on any atom is 0.252 e. The van der Waals surface area contributed by atoms with Gasteiger partial charge in [-0.1, -0.05) is 11.6 Å². The average molecular weight is 314 g/mol. The second-order valence-corrected chi connectivity index (χ2v) is 6.12. The average Bonchev–Trinajstić information content (AvgIpc) is 3.10. The number of carbonyl (C=O) groups excluding carboxylic acids is 1. The molecule has 2 saturated heterocycles. The number of nitrogens with zero attached hydrogens (tertiary/aromatic N) is 1. The second kappa shape index (κ2) is 5.56. The van der Waals surface area contributed by atoms with Gasteiger partial charge in [0.25, 0.3) is 5.91 Å². The van der Waals surface area contributed by atoms with Gasteiger partial charge in [0.15, 0.2) is 0 Å². The molecule has 1 aromatic carbocycles. The van der Waals surface area contributed by atoms with E-state index in [4.69, 9.17) is 9.47 Å². The van der Waals surface area contributed by atoms with Crippen LogP contribution >= 0.6 is 0 Å².